The summed E-state index contributed by atoms with van der Waals surface area (Å²) in [6.45, 7) is 18.2. The first kappa shape index (κ1) is 46.8. The second-order valence-electron chi connectivity index (χ2n) is 20.2. The molecule has 3 saturated carbocycles. The topological polar surface area (TPSA) is 197 Å². The van der Waals surface area contributed by atoms with Gasteiger partial charge in [-0.25, -0.2) is 4.39 Å². The molecule has 1 aliphatic heterocycles. The highest BCUT2D eigenvalue weighted by molar-refractivity contribution is 6.01. The zero-order valence-electron chi connectivity index (χ0n) is 36.5. The molecule has 0 aromatic carbocycles. The molecule has 0 spiro atoms. The van der Waals surface area contributed by atoms with Crippen LogP contribution < -0.4 is 5.32 Å². The number of fused-ring (bicyclic) bond motifs is 5. The van der Waals surface area contributed by atoms with Gasteiger partial charge in [0.05, 0.1) is 29.8 Å². The lowest BCUT2D eigenvalue weighted by Crippen LogP contribution is -2.67. The number of ketones is 1. The molecule has 0 aromatic rings. The fourth-order valence-electron chi connectivity index (χ4n) is 12.6. The average molecular weight is 821 g/mol. The fourth-order valence-corrected chi connectivity index (χ4v) is 12.6. The van der Waals surface area contributed by atoms with Gasteiger partial charge in [-0.3, -0.25) is 19.3 Å². The standard InChI is InChI=1S/C45H73FN2O10/c1-11-34-44(10,57)38(53)28(6)48(23-24(2)21-43(9,56)37(52)26(4)36(51)27(5)40(55)58-34)18-12-17-47-39(54)35-25(3)19-32-31-14-13-29-20-30(49)15-16-42(29,8)45(31,46)33(50)22-41(32,35)7/h15-16,20,24-28,31-38,50-53,56-57H,11-14,17-19,21-23H2,1-10H3,(H,47,54)/t24-,25-,26+,27-,28-,31?,32?,33+,34-,35-,36+,37-,38-,41+,42+,43-,44-,45+/m1/s1. The minimum Gasteiger partial charge on any atom is -0.459 e. The Hall–Kier alpha value is -2.26. The van der Waals surface area contributed by atoms with Gasteiger partial charge in [-0.15, -0.1) is 0 Å². The van der Waals surface area contributed by atoms with Crippen molar-refractivity contribution in [3.8, 4) is 0 Å². The molecular weight excluding hydrogens is 747 g/mol. The fraction of sp³-hybridized carbons (Fsp3) is 0.844. The number of carbonyl (C=O) groups excluding carboxylic acids is 3. The lowest BCUT2D eigenvalue weighted by atomic mass is 9.45. The van der Waals surface area contributed by atoms with Crippen LogP contribution >= 0.6 is 0 Å². The van der Waals surface area contributed by atoms with E-state index in [1.807, 2.05) is 25.7 Å². The number of ether oxygens (including phenoxy) is 1. The van der Waals surface area contributed by atoms with Gasteiger partial charge in [-0.2, -0.15) is 0 Å². The number of esters is 1. The quantitative estimate of drug-likeness (QED) is 0.153. The van der Waals surface area contributed by atoms with Gasteiger partial charge in [-0.1, -0.05) is 46.3 Å². The first-order valence-electron chi connectivity index (χ1n) is 21.8. The third kappa shape index (κ3) is 7.99. The first-order chi connectivity index (χ1) is 26.8. The second kappa shape index (κ2) is 16.9. The van der Waals surface area contributed by atoms with Gasteiger partial charge in [0.2, 0.25) is 5.91 Å². The number of nitrogens with one attached hydrogen (secondary N) is 1. The molecule has 18 atom stereocenters. The molecule has 4 fully saturated rings. The van der Waals surface area contributed by atoms with Crippen molar-refractivity contribution in [3.63, 3.8) is 0 Å². The molecule has 2 unspecified atom stereocenters. The zero-order valence-corrected chi connectivity index (χ0v) is 36.5. The van der Waals surface area contributed by atoms with Crippen molar-refractivity contribution >= 4 is 17.7 Å². The van der Waals surface area contributed by atoms with Gasteiger partial charge >= 0.3 is 5.97 Å². The zero-order chi connectivity index (χ0) is 43.5. The number of hydrogen-bond donors (Lipinski definition) is 7. The van der Waals surface area contributed by atoms with Crippen molar-refractivity contribution in [2.24, 2.45) is 52.3 Å². The maximum atomic E-state index is 17.6. The van der Waals surface area contributed by atoms with E-state index in [0.29, 0.717) is 38.8 Å². The number of carbonyl (C=O) groups is 3. The molecule has 58 heavy (non-hydrogen) atoms. The van der Waals surface area contributed by atoms with Crippen LogP contribution in [0.1, 0.15) is 114 Å². The van der Waals surface area contributed by atoms with Crippen molar-refractivity contribution in [2.45, 2.75) is 168 Å². The number of nitrogens with zero attached hydrogens (tertiary/aromatic N) is 1. The van der Waals surface area contributed by atoms with Crippen molar-refractivity contribution in [1.82, 2.24) is 10.2 Å². The summed E-state index contributed by atoms with van der Waals surface area (Å²) >= 11 is 0. The maximum Gasteiger partial charge on any atom is 0.311 e. The summed E-state index contributed by atoms with van der Waals surface area (Å²) in [4.78, 5) is 41.6. The number of aliphatic hydroxyl groups excluding tert-OH is 4. The van der Waals surface area contributed by atoms with Crippen LogP contribution in [0.5, 0.6) is 0 Å². The Morgan fingerprint density at radius 3 is 2.28 bits per heavy atom. The lowest BCUT2D eigenvalue weighted by molar-refractivity contribution is -0.196. The van der Waals surface area contributed by atoms with Gasteiger partial charge < -0.3 is 40.7 Å². The number of alkyl halides is 1. The van der Waals surface area contributed by atoms with Gasteiger partial charge in [0.15, 0.2) is 11.5 Å². The molecular formula is C45H73FN2O10. The average Bonchev–Trinajstić information content (AvgIpc) is 3.41. The van der Waals surface area contributed by atoms with E-state index < -0.39 is 93.9 Å². The van der Waals surface area contributed by atoms with Crippen molar-refractivity contribution in [3.05, 3.63) is 23.8 Å². The van der Waals surface area contributed by atoms with E-state index in [9.17, 15) is 45.0 Å². The Labute approximate surface area is 344 Å². The molecule has 4 aliphatic carbocycles. The smallest absolute Gasteiger partial charge is 0.311 e. The third-order valence-corrected chi connectivity index (χ3v) is 16.0. The van der Waals surface area contributed by atoms with Crippen LogP contribution in [0, 0.1) is 52.3 Å². The molecule has 5 aliphatic rings. The maximum absolute atomic E-state index is 17.6. The Bertz CT molecular complexity index is 1600. The van der Waals surface area contributed by atoms with Crippen LogP contribution in [0.25, 0.3) is 0 Å². The number of rotatable bonds is 6. The first-order valence-corrected chi connectivity index (χ1v) is 21.8. The Kier molecular flexibility index (Phi) is 13.6. The van der Waals surface area contributed by atoms with Gasteiger partial charge in [0.1, 0.15) is 17.8 Å². The molecule has 0 aromatic heterocycles. The van der Waals surface area contributed by atoms with Gasteiger partial charge in [-0.05, 0) is 115 Å². The van der Waals surface area contributed by atoms with Crippen LogP contribution in [-0.4, -0.2) is 126 Å². The van der Waals surface area contributed by atoms with E-state index in [0.717, 1.165) is 5.57 Å². The molecule has 0 bridgehead atoms. The normalized spacial score (nSPS) is 49.4. The number of cyclic esters (lactones) is 1. The van der Waals surface area contributed by atoms with Crippen LogP contribution in [0.3, 0.4) is 0 Å². The molecule has 0 radical (unpaired) electrons. The summed E-state index contributed by atoms with van der Waals surface area (Å²) in [6.07, 6.45) is 0.640. The SMILES string of the molecule is CC[C@H]1OC(=O)[C@H](C)[C@@H](O)[C@H](C)[C@@H](O)[C@](C)(O)C[C@@H](C)CN(CCCNC(=O)[C@H]2[C@H](C)CC3C4CCC5=CC(=O)C=C[C@]5(C)[C@@]4(F)[C@@H](O)C[C@@]32C)[C@H](C)[C@@H](O)[C@]1(C)O. The third-order valence-electron chi connectivity index (χ3n) is 16.0. The Morgan fingerprint density at radius 1 is 0.983 bits per heavy atom. The van der Waals surface area contributed by atoms with Crippen LogP contribution in [0.15, 0.2) is 23.8 Å². The van der Waals surface area contributed by atoms with Gasteiger partial charge in [0.25, 0.3) is 0 Å². The number of amides is 1. The van der Waals surface area contributed by atoms with Crippen molar-refractivity contribution < 1.29 is 54.2 Å². The highest BCUT2D eigenvalue weighted by Gasteiger charge is 2.71. The van der Waals surface area contributed by atoms with Gasteiger partial charge in [0, 0.05) is 48.8 Å². The Morgan fingerprint density at radius 2 is 1.64 bits per heavy atom. The molecule has 1 amide bonds. The van der Waals surface area contributed by atoms with E-state index >= 15 is 4.39 Å². The summed E-state index contributed by atoms with van der Waals surface area (Å²) in [6, 6.07) is -0.674. The van der Waals surface area contributed by atoms with E-state index in [1.165, 1.54) is 32.9 Å². The Balaban J connectivity index is 1.31. The number of hydrogen-bond acceptors (Lipinski definition) is 11. The predicted octanol–water partition coefficient (Wildman–Crippen LogP) is 3.63. The lowest BCUT2D eigenvalue weighted by Gasteiger charge is -2.61. The molecule has 13 heteroatoms. The van der Waals surface area contributed by atoms with Crippen LogP contribution in [-0.2, 0) is 19.1 Å². The monoisotopic (exact) mass is 821 g/mol. The minimum absolute atomic E-state index is 0.0564. The predicted molar refractivity (Wildman–Crippen MR) is 217 cm³/mol. The molecule has 12 nitrogen and oxygen atoms in total. The highest BCUT2D eigenvalue weighted by atomic mass is 19.1. The van der Waals surface area contributed by atoms with E-state index in [4.69, 9.17) is 4.74 Å². The number of halogens is 1. The number of aliphatic hydroxyl groups is 6. The van der Waals surface area contributed by atoms with E-state index in [1.54, 1.807) is 33.8 Å². The molecule has 5 rings (SSSR count). The van der Waals surface area contributed by atoms with Crippen molar-refractivity contribution in [2.75, 3.05) is 19.6 Å². The minimum atomic E-state index is -1.96. The largest absolute Gasteiger partial charge is 0.459 e. The highest BCUT2D eigenvalue weighted by Crippen LogP contribution is 2.69. The molecule has 1 heterocycles. The summed E-state index contributed by atoms with van der Waals surface area (Å²) in [5.41, 5.74) is -6.50. The summed E-state index contributed by atoms with van der Waals surface area (Å²) in [7, 11) is 0. The number of allylic oxidation sites excluding steroid dienone is 4. The van der Waals surface area contributed by atoms with Crippen LogP contribution in [0.2, 0.25) is 0 Å². The summed E-state index contributed by atoms with van der Waals surface area (Å²) < 4.78 is 23.3. The van der Waals surface area contributed by atoms with Crippen LogP contribution in [0.4, 0.5) is 4.39 Å². The van der Waals surface area contributed by atoms with E-state index in [2.05, 4.69) is 5.32 Å². The summed E-state index contributed by atoms with van der Waals surface area (Å²) in [5, 5.41) is 72.1. The van der Waals surface area contributed by atoms with E-state index in [-0.39, 0.29) is 55.3 Å². The summed E-state index contributed by atoms with van der Waals surface area (Å²) in [5.74, 6) is -4.44. The molecule has 330 valence electrons. The molecule has 1 saturated heterocycles. The van der Waals surface area contributed by atoms with Crippen molar-refractivity contribution in [1.29, 1.82) is 0 Å². The molecule has 7 N–H and O–H groups in total. The second-order valence-corrected chi connectivity index (χ2v) is 20.2.